The lowest BCUT2D eigenvalue weighted by molar-refractivity contribution is -0.129. The quantitative estimate of drug-likeness (QED) is 0.803. The minimum atomic E-state index is 0.247. The third-order valence-electron chi connectivity index (χ3n) is 4.53. The van der Waals surface area contributed by atoms with E-state index >= 15 is 0 Å². The molecule has 1 saturated heterocycles. The molecular weight excluding hydrogens is 272 g/mol. The van der Waals surface area contributed by atoms with Gasteiger partial charge in [0.15, 0.2) is 0 Å². The van der Waals surface area contributed by atoms with Crippen LogP contribution in [0.2, 0.25) is 0 Å². The molecule has 0 spiro atoms. The second-order valence-corrected chi connectivity index (χ2v) is 6.26. The van der Waals surface area contributed by atoms with E-state index in [1.807, 2.05) is 30.1 Å². The molecule has 0 aliphatic carbocycles. The van der Waals surface area contributed by atoms with Crippen LogP contribution in [0.1, 0.15) is 37.7 Å². The zero-order valence-corrected chi connectivity index (χ0v) is 13.9. The number of amides is 1. The van der Waals surface area contributed by atoms with Crippen LogP contribution in [-0.4, -0.2) is 48.9 Å². The summed E-state index contributed by atoms with van der Waals surface area (Å²) in [5.41, 5.74) is 1.17. The Morgan fingerprint density at radius 3 is 2.82 bits per heavy atom. The molecule has 1 amide bonds. The molecule has 1 aliphatic rings. The fourth-order valence-corrected chi connectivity index (χ4v) is 3.00. The Bertz CT molecular complexity index is 483. The monoisotopic (exact) mass is 300 g/mol. The molecule has 22 heavy (non-hydrogen) atoms. The Labute approximate surface area is 134 Å². The van der Waals surface area contributed by atoms with E-state index in [1.54, 1.807) is 0 Å². The molecule has 120 valence electrons. The lowest BCUT2D eigenvalue weighted by atomic mass is 9.98. The number of nitrogens with zero attached hydrogens (tertiary/aromatic N) is 2. The second-order valence-electron chi connectivity index (χ2n) is 6.26. The fraction of sp³-hybridized carbons (Fsp3) is 0.526. The largest absolute Gasteiger partial charge is 0.342 e. The first kappa shape index (κ1) is 16.8. The van der Waals surface area contributed by atoms with Gasteiger partial charge in [-0.25, -0.2) is 0 Å². The van der Waals surface area contributed by atoms with Crippen LogP contribution in [0.5, 0.6) is 0 Å². The lowest BCUT2D eigenvalue weighted by Crippen LogP contribution is -2.37. The summed E-state index contributed by atoms with van der Waals surface area (Å²) < 4.78 is 0. The predicted molar refractivity (Wildman–Crippen MR) is 92.6 cm³/mol. The first-order valence-corrected chi connectivity index (χ1v) is 8.32. The van der Waals surface area contributed by atoms with Crippen LogP contribution in [0, 0.1) is 0 Å². The lowest BCUT2D eigenvalue weighted by Gasteiger charge is -2.32. The van der Waals surface area contributed by atoms with Crippen molar-refractivity contribution in [2.45, 2.75) is 38.1 Å². The number of carbonyl (C=O) groups is 1. The number of hydrogen-bond acceptors (Lipinski definition) is 2. The van der Waals surface area contributed by atoms with E-state index in [1.165, 1.54) is 31.4 Å². The minimum absolute atomic E-state index is 0.247. The standard InChI is InChI=1S/C19H28N2O/c1-20-15-7-6-12-18(20)13-14-19(22)21(2)16-8-11-17-9-4-3-5-10-17/h3-5,8-11,18H,6-7,12-16H2,1-2H3/b11-8+/t18-/m1/s1. The molecule has 2 rings (SSSR count). The first-order valence-electron chi connectivity index (χ1n) is 8.32. The summed E-state index contributed by atoms with van der Waals surface area (Å²) in [6.45, 7) is 1.85. The molecular formula is C19H28N2O. The molecule has 0 bridgehead atoms. The Kier molecular flexibility index (Phi) is 6.66. The molecule has 0 aromatic heterocycles. The molecule has 0 N–H and O–H groups in total. The summed E-state index contributed by atoms with van der Waals surface area (Å²) in [6, 6.07) is 10.8. The Hall–Kier alpha value is -1.61. The summed E-state index contributed by atoms with van der Waals surface area (Å²) in [5.74, 6) is 0.247. The van der Waals surface area contributed by atoms with Gasteiger partial charge in [0.05, 0.1) is 0 Å². The number of carbonyl (C=O) groups excluding carboxylic acids is 1. The number of likely N-dealkylation sites (N-methyl/N-ethyl adjacent to an activating group) is 1. The minimum Gasteiger partial charge on any atom is -0.342 e. The van der Waals surface area contributed by atoms with Crippen molar-refractivity contribution < 1.29 is 4.79 Å². The topological polar surface area (TPSA) is 23.6 Å². The molecule has 1 fully saturated rings. The van der Waals surface area contributed by atoms with E-state index in [-0.39, 0.29) is 5.91 Å². The van der Waals surface area contributed by atoms with Gasteiger partial charge in [-0.1, -0.05) is 48.9 Å². The zero-order chi connectivity index (χ0) is 15.8. The van der Waals surface area contributed by atoms with Crippen LogP contribution in [0.15, 0.2) is 36.4 Å². The molecule has 1 aromatic rings. The Morgan fingerprint density at radius 2 is 2.09 bits per heavy atom. The van der Waals surface area contributed by atoms with Crippen molar-refractivity contribution in [3.05, 3.63) is 42.0 Å². The smallest absolute Gasteiger partial charge is 0.222 e. The van der Waals surface area contributed by atoms with E-state index in [9.17, 15) is 4.79 Å². The van der Waals surface area contributed by atoms with Crippen molar-refractivity contribution in [3.8, 4) is 0 Å². The van der Waals surface area contributed by atoms with Crippen molar-refractivity contribution in [2.24, 2.45) is 0 Å². The molecule has 1 aliphatic heterocycles. The third kappa shape index (κ3) is 5.30. The van der Waals surface area contributed by atoms with Crippen LogP contribution in [-0.2, 0) is 4.79 Å². The zero-order valence-electron chi connectivity index (χ0n) is 13.9. The highest BCUT2D eigenvalue weighted by atomic mass is 16.2. The van der Waals surface area contributed by atoms with Gasteiger partial charge in [0, 0.05) is 26.1 Å². The maximum atomic E-state index is 12.2. The Morgan fingerprint density at radius 1 is 1.32 bits per heavy atom. The average Bonchev–Trinajstić information content (AvgIpc) is 2.54. The fourth-order valence-electron chi connectivity index (χ4n) is 3.00. The summed E-state index contributed by atoms with van der Waals surface area (Å²) in [5, 5.41) is 0. The van der Waals surface area contributed by atoms with Crippen LogP contribution in [0.4, 0.5) is 0 Å². The van der Waals surface area contributed by atoms with Crippen molar-refractivity contribution in [1.29, 1.82) is 0 Å². The van der Waals surface area contributed by atoms with Crippen LogP contribution >= 0.6 is 0 Å². The highest BCUT2D eigenvalue weighted by molar-refractivity contribution is 5.76. The van der Waals surface area contributed by atoms with E-state index in [0.29, 0.717) is 19.0 Å². The molecule has 0 unspecified atom stereocenters. The number of benzene rings is 1. The van der Waals surface area contributed by atoms with Gasteiger partial charge in [-0.05, 0) is 38.4 Å². The summed E-state index contributed by atoms with van der Waals surface area (Å²) in [7, 11) is 4.07. The molecule has 1 atom stereocenters. The first-order chi connectivity index (χ1) is 10.7. The van der Waals surface area contributed by atoms with Crippen molar-refractivity contribution in [3.63, 3.8) is 0 Å². The van der Waals surface area contributed by atoms with Gasteiger partial charge in [0.25, 0.3) is 0 Å². The predicted octanol–water partition coefficient (Wildman–Crippen LogP) is 3.42. The van der Waals surface area contributed by atoms with Crippen LogP contribution < -0.4 is 0 Å². The highest BCUT2D eigenvalue weighted by Gasteiger charge is 2.20. The van der Waals surface area contributed by atoms with E-state index in [2.05, 4.69) is 36.2 Å². The number of hydrogen-bond donors (Lipinski definition) is 0. The maximum absolute atomic E-state index is 12.2. The number of likely N-dealkylation sites (tertiary alicyclic amines) is 1. The molecule has 0 radical (unpaired) electrons. The van der Waals surface area contributed by atoms with Gasteiger partial charge in [0.2, 0.25) is 5.91 Å². The average molecular weight is 300 g/mol. The molecule has 1 aromatic carbocycles. The SMILES string of the molecule is CN(C/C=C/c1ccccc1)C(=O)CC[C@H]1CCCCN1C. The number of rotatable bonds is 6. The van der Waals surface area contributed by atoms with Crippen molar-refractivity contribution in [1.82, 2.24) is 9.80 Å². The van der Waals surface area contributed by atoms with Crippen LogP contribution in [0.25, 0.3) is 6.08 Å². The third-order valence-corrected chi connectivity index (χ3v) is 4.53. The van der Waals surface area contributed by atoms with E-state index in [0.717, 1.165) is 6.42 Å². The van der Waals surface area contributed by atoms with Crippen LogP contribution in [0.3, 0.4) is 0 Å². The Balaban J connectivity index is 1.71. The van der Waals surface area contributed by atoms with Crippen molar-refractivity contribution >= 4 is 12.0 Å². The van der Waals surface area contributed by atoms with Gasteiger partial charge in [-0.3, -0.25) is 4.79 Å². The second kappa shape index (κ2) is 8.74. The van der Waals surface area contributed by atoms with Gasteiger partial charge in [0.1, 0.15) is 0 Å². The molecule has 3 heteroatoms. The molecule has 3 nitrogen and oxygen atoms in total. The maximum Gasteiger partial charge on any atom is 0.222 e. The summed E-state index contributed by atoms with van der Waals surface area (Å²) in [4.78, 5) is 16.4. The van der Waals surface area contributed by atoms with Gasteiger partial charge < -0.3 is 9.80 Å². The molecule has 0 saturated carbocycles. The molecule has 1 heterocycles. The van der Waals surface area contributed by atoms with E-state index in [4.69, 9.17) is 0 Å². The normalized spacial score (nSPS) is 19.5. The summed E-state index contributed by atoms with van der Waals surface area (Å²) >= 11 is 0. The summed E-state index contributed by atoms with van der Waals surface area (Å²) in [6.07, 6.45) is 9.61. The van der Waals surface area contributed by atoms with Gasteiger partial charge in [-0.2, -0.15) is 0 Å². The van der Waals surface area contributed by atoms with E-state index < -0.39 is 0 Å². The van der Waals surface area contributed by atoms with Crippen molar-refractivity contribution in [2.75, 3.05) is 27.2 Å². The number of piperidine rings is 1. The van der Waals surface area contributed by atoms with Gasteiger partial charge >= 0.3 is 0 Å². The van der Waals surface area contributed by atoms with Gasteiger partial charge in [-0.15, -0.1) is 0 Å². The highest BCUT2D eigenvalue weighted by Crippen LogP contribution is 2.19.